The van der Waals surface area contributed by atoms with E-state index in [1.165, 1.54) is 29.5 Å². The summed E-state index contributed by atoms with van der Waals surface area (Å²) in [5, 5.41) is 4.85. The van der Waals surface area contributed by atoms with Gasteiger partial charge in [-0.3, -0.25) is 9.59 Å². The van der Waals surface area contributed by atoms with Crippen molar-refractivity contribution in [1.29, 1.82) is 0 Å². The topological polar surface area (TPSA) is 131 Å². The molecule has 170 valence electrons. The number of rotatable bonds is 6. The zero-order valence-corrected chi connectivity index (χ0v) is 19.2. The van der Waals surface area contributed by atoms with E-state index in [4.69, 9.17) is 0 Å². The van der Waals surface area contributed by atoms with Crippen LogP contribution in [0.2, 0.25) is 0 Å². The number of carbonyl (C=O) groups is 1. The first-order valence-corrected chi connectivity index (χ1v) is 13.2. The van der Waals surface area contributed by atoms with E-state index in [1.807, 2.05) is 0 Å². The van der Waals surface area contributed by atoms with E-state index in [2.05, 4.69) is 15.3 Å². The van der Waals surface area contributed by atoms with E-state index in [0.29, 0.717) is 11.6 Å². The minimum absolute atomic E-state index is 0.0308. The first-order valence-electron chi connectivity index (χ1n) is 10.4. The molecule has 0 bridgehead atoms. The standard InChI is InChI=1S/C21H24N4O5S2/c1-32(29,30)14-7-8-16-15(12-14)19(27)25(21(28)23-16)17(11-13-5-3-2-4-6-13)18(26)24-20-22-9-10-31-20/h7-10,12-13,17H,2-6,11H2,1H3,(H,23,28)(H,22,24,26). The van der Waals surface area contributed by atoms with Crippen LogP contribution in [-0.4, -0.2) is 35.1 Å². The van der Waals surface area contributed by atoms with Crippen molar-refractivity contribution in [1.82, 2.24) is 14.5 Å². The third-order valence-corrected chi connectivity index (χ3v) is 7.69. The number of carbonyl (C=O) groups excluding carboxylic acids is 1. The molecule has 1 aliphatic rings. The number of thiazole rings is 1. The van der Waals surface area contributed by atoms with Crippen LogP contribution in [0, 0.1) is 5.92 Å². The molecular weight excluding hydrogens is 452 g/mol. The second-order valence-corrected chi connectivity index (χ2v) is 11.1. The molecule has 1 amide bonds. The Balaban J connectivity index is 1.82. The summed E-state index contributed by atoms with van der Waals surface area (Å²) in [5.74, 6) is -0.281. The highest BCUT2D eigenvalue weighted by Gasteiger charge is 2.29. The monoisotopic (exact) mass is 476 g/mol. The zero-order chi connectivity index (χ0) is 22.9. The Morgan fingerprint density at radius 1 is 1.28 bits per heavy atom. The Morgan fingerprint density at radius 2 is 2.03 bits per heavy atom. The molecule has 0 spiro atoms. The molecule has 4 rings (SSSR count). The maximum Gasteiger partial charge on any atom is 0.329 e. The third-order valence-electron chi connectivity index (χ3n) is 5.89. The number of H-pyrrole nitrogens is 1. The van der Waals surface area contributed by atoms with Gasteiger partial charge in [-0.05, 0) is 30.5 Å². The fourth-order valence-corrected chi connectivity index (χ4v) is 5.44. The number of nitrogens with zero attached hydrogens (tertiary/aromatic N) is 2. The molecule has 11 heteroatoms. The van der Waals surface area contributed by atoms with Gasteiger partial charge in [-0.2, -0.15) is 0 Å². The molecule has 0 radical (unpaired) electrons. The smallest absolute Gasteiger partial charge is 0.307 e. The second-order valence-electron chi connectivity index (χ2n) is 8.17. The zero-order valence-electron chi connectivity index (χ0n) is 17.5. The number of aromatic amines is 1. The minimum Gasteiger partial charge on any atom is -0.307 e. The van der Waals surface area contributed by atoms with E-state index in [1.54, 1.807) is 11.6 Å². The predicted octanol–water partition coefficient (Wildman–Crippen LogP) is 2.70. The van der Waals surface area contributed by atoms with Gasteiger partial charge in [0.2, 0.25) is 5.91 Å². The van der Waals surface area contributed by atoms with Crippen LogP contribution in [0.25, 0.3) is 10.9 Å². The molecule has 2 heterocycles. The molecule has 1 aromatic carbocycles. The highest BCUT2D eigenvalue weighted by Crippen LogP contribution is 2.31. The number of amides is 1. The fourth-order valence-electron chi connectivity index (χ4n) is 4.26. The molecule has 2 aromatic heterocycles. The van der Waals surface area contributed by atoms with Crippen LogP contribution in [0.15, 0.2) is 44.3 Å². The number of anilines is 1. The maximum atomic E-state index is 13.4. The molecule has 1 aliphatic carbocycles. The van der Waals surface area contributed by atoms with Gasteiger partial charge in [0.05, 0.1) is 15.8 Å². The van der Waals surface area contributed by atoms with Crippen LogP contribution in [0.5, 0.6) is 0 Å². The van der Waals surface area contributed by atoms with Gasteiger partial charge in [0, 0.05) is 17.8 Å². The normalized spacial score (nSPS) is 16.2. The Hall–Kier alpha value is -2.79. The maximum absolute atomic E-state index is 13.4. The lowest BCUT2D eigenvalue weighted by Gasteiger charge is -2.26. The second kappa shape index (κ2) is 8.99. The van der Waals surface area contributed by atoms with Gasteiger partial charge in [0.1, 0.15) is 6.04 Å². The average molecular weight is 477 g/mol. The third kappa shape index (κ3) is 4.68. The molecule has 1 fully saturated rings. The summed E-state index contributed by atoms with van der Waals surface area (Å²) in [6.07, 6.45) is 8.04. The number of fused-ring (bicyclic) bond motifs is 1. The van der Waals surface area contributed by atoms with Gasteiger partial charge in [-0.1, -0.05) is 32.1 Å². The molecule has 3 aromatic rings. The lowest BCUT2D eigenvalue weighted by Crippen LogP contribution is -2.43. The highest BCUT2D eigenvalue weighted by molar-refractivity contribution is 7.90. The molecule has 9 nitrogen and oxygen atoms in total. The predicted molar refractivity (Wildman–Crippen MR) is 123 cm³/mol. The molecule has 0 aliphatic heterocycles. The van der Waals surface area contributed by atoms with Crippen LogP contribution in [0.4, 0.5) is 5.13 Å². The van der Waals surface area contributed by atoms with Crippen molar-refractivity contribution in [3.05, 3.63) is 50.6 Å². The van der Waals surface area contributed by atoms with E-state index in [9.17, 15) is 22.8 Å². The largest absolute Gasteiger partial charge is 0.329 e. The van der Waals surface area contributed by atoms with Gasteiger partial charge >= 0.3 is 5.69 Å². The van der Waals surface area contributed by atoms with Gasteiger partial charge < -0.3 is 10.3 Å². The van der Waals surface area contributed by atoms with Crippen molar-refractivity contribution in [3.63, 3.8) is 0 Å². The number of benzene rings is 1. The summed E-state index contributed by atoms with van der Waals surface area (Å²) in [6, 6.07) is 2.94. The quantitative estimate of drug-likeness (QED) is 0.562. The van der Waals surface area contributed by atoms with Crippen molar-refractivity contribution in [2.45, 2.75) is 49.5 Å². The Bertz CT molecular complexity index is 1350. The Morgan fingerprint density at radius 3 is 2.69 bits per heavy atom. The number of hydrogen-bond donors (Lipinski definition) is 2. The lowest BCUT2D eigenvalue weighted by atomic mass is 9.84. The number of aromatic nitrogens is 3. The van der Waals surface area contributed by atoms with Crippen molar-refractivity contribution < 1.29 is 13.2 Å². The Labute approximate surface area is 188 Å². The summed E-state index contributed by atoms with van der Waals surface area (Å²) < 4.78 is 24.9. The van der Waals surface area contributed by atoms with Gasteiger partial charge in [-0.15, -0.1) is 11.3 Å². The highest BCUT2D eigenvalue weighted by atomic mass is 32.2. The van der Waals surface area contributed by atoms with Crippen molar-refractivity contribution >= 4 is 43.1 Å². The van der Waals surface area contributed by atoms with Gasteiger partial charge in [0.25, 0.3) is 5.56 Å². The van der Waals surface area contributed by atoms with E-state index in [0.717, 1.165) is 42.9 Å². The molecule has 32 heavy (non-hydrogen) atoms. The van der Waals surface area contributed by atoms with Crippen LogP contribution in [0.3, 0.4) is 0 Å². The number of sulfone groups is 1. The summed E-state index contributed by atoms with van der Waals surface area (Å²) in [5.41, 5.74) is -1.17. The summed E-state index contributed by atoms with van der Waals surface area (Å²) in [7, 11) is -3.55. The van der Waals surface area contributed by atoms with E-state index >= 15 is 0 Å². The molecule has 2 N–H and O–H groups in total. The summed E-state index contributed by atoms with van der Waals surface area (Å²) >= 11 is 1.24. The van der Waals surface area contributed by atoms with Crippen molar-refractivity contribution in [2.24, 2.45) is 5.92 Å². The van der Waals surface area contributed by atoms with Crippen LogP contribution in [0.1, 0.15) is 44.6 Å². The SMILES string of the molecule is CS(=O)(=O)c1ccc2[nH]c(=O)n(C(CC3CCCCC3)C(=O)Nc3nccs3)c(=O)c2c1. The Kier molecular flexibility index (Phi) is 6.29. The van der Waals surface area contributed by atoms with E-state index in [-0.39, 0.29) is 21.7 Å². The minimum atomic E-state index is -3.55. The van der Waals surface area contributed by atoms with Gasteiger partial charge in [-0.25, -0.2) is 22.8 Å². The average Bonchev–Trinajstić information content (AvgIpc) is 3.26. The first-order chi connectivity index (χ1) is 15.2. The fraction of sp³-hybridized carbons (Fsp3) is 0.429. The first kappa shape index (κ1) is 22.4. The van der Waals surface area contributed by atoms with E-state index < -0.39 is 33.0 Å². The molecule has 0 saturated heterocycles. The molecule has 1 unspecified atom stereocenters. The summed E-state index contributed by atoms with van der Waals surface area (Å²) in [6.45, 7) is 0. The number of hydrogen-bond acceptors (Lipinski definition) is 7. The van der Waals surface area contributed by atoms with Gasteiger partial charge in [0.15, 0.2) is 15.0 Å². The van der Waals surface area contributed by atoms with Crippen molar-refractivity contribution in [2.75, 3.05) is 11.6 Å². The summed E-state index contributed by atoms with van der Waals surface area (Å²) in [4.78, 5) is 46.2. The lowest BCUT2D eigenvalue weighted by molar-refractivity contribution is -0.120. The molecule has 1 atom stereocenters. The molecule has 1 saturated carbocycles. The number of nitrogens with one attached hydrogen (secondary N) is 2. The van der Waals surface area contributed by atoms with Crippen LogP contribution < -0.4 is 16.6 Å². The van der Waals surface area contributed by atoms with Crippen LogP contribution >= 0.6 is 11.3 Å². The van der Waals surface area contributed by atoms with Crippen LogP contribution in [-0.2, 0) is 14.6 Å². The molecular formula is C21H24N4O5S2. The van der Waals surface area contributed by atoms with Crippen molar-refractivity contribution in [3.8, 4) is 0 Å².